The zero-order chi connectivity index (χ0) is 41.3. The summed E-state index contributed by atoms with van der Waals surface area (Å²) >= 11 is 0. The number of hydrogen-bond acceptors (Lipinski definition) is 2. The average Bonchev–Trinajstić information content (AvgIpc) is 3.76. The van der Waals surface area contributed by atoms with Gasteiger partial charge in [0.05, 0.1) is 33.4 Å². The molecule has 0 saturated heterocycles. The van der Waals surface area contributed by atoms with E-state index in [1.54, 1.807) is 0 Å². The highest BCUT2D eigenvalue weighted by molar-refractivity contribution is 6.10. The monoisotopic (exact) mass is 772 g/mol. The molecule has 0 aliphatic rings. The predicted octanol–water partition coefficient (Wildman–Crippen LogP) is 13.6. The molecule has 5 heteroatoms. The average molecular weight is 773 g/mol. The molecule has 0 unspecified atom stereocenters. The molecule has 9 aromatic rings. The van der Waals surface area contributed by atoms with E-state index >= 15 is 0 Å². The van der Waals surface area contributed by atoms with Gasteiger partial charge in [-0.3, -0.25) is 13.7 Å². The van der Waals surface area contributed by atoms with Gasteiger partial charge >= 0.3 is 0 Å². The van der Waals surface area contributed by atoms with Gasteiger partial charge in [-0.15, -0.1) is 0 Å². The second-order valence-corrected chi connectivity index (χ2v) is 18.9. The first-order valence-corrected chi connectivity index (χ1v) is 20.6. The largest absolute Gasteiger partial charge is 0.458 e. The van der Waals surface area contributed by atoms with E-state index in [0.29, 0.717) is 0 Å². The van der Waals surface area contributed by atoms with Crippen molar-refractivity contribution in [1.82, 2.24) is 14.1 Å². The van der Waals surface area contributed by atoms with Crippen LogP contribution in [-0.2, 0) is 16.2 Å². The van der Waals surface area contributed by atoms with Crippen molar-refractivity contribution in [1.29, 1.82) is 0 Å². The zero-order valence-corrected chi connectivity index (χ0v) is 35.6. The van der Waals surface area contributed by atoms with E-state index in [2.05, 4.69) is 222 Å². The van der Waals surface area contributed by atoms with Crippen LogP contribution in [0.4, 0.5) is 0 Å². The Balaban J connectivity index is 1.14. The molecule has 0 fully saturated rings. The summed E-state index contributed by atoms with van der Waals surface area (Å²) in [7, 11) is 0. The third kappa shape index (κ3) is 7.20. The van der Waals surface area contributed by atoms with Crippen molar-refractivity contribution in [3.63, 3.8) is 0 Å². The second-order valence-electron chi connectivity index (χ2n) is 18.9. The molecule has 5 nitrogen and oxygen atoms in total. The van der Waals surface area contributed by atoms with Crippen molar-refractivity contribution in [2.45, 2.75) is 78.6 Å². The van der Waals surface area contributed by atoms with Crippen molar-refractivity contribution < 1.29 is 9.30 Å². The quantitative estimate of drug-likeness (QED) is 0.125. The lowest BCUT2D eigenvalue weighted by Gasteiger charge is -2.26. The summed E-state index contributed by atoms with van der Waals surface area (Å²) in [6, 6.07) is 51.8. The van der Waals surface area contributed by atoms with Crippen molar-refractivity contribution in [2.75, 3.05) is 0 Å². The Morgan fingerprint density at radius 3 is 1.93 bits per heavy atom. The van der Waals surface area contributed by atoms with E-state index < -0.39 is 0 Å². The molecule has 0 radical (unpaired) electrons. The van der Waals surface area contributed by atoms with Gasteiger partial charge in [0.1, 0.15) is 17.3 Å². The molecule has 9 rings (SSSR count). The molecular formula is C54H52N4O. The molecule has 3 aromatic heterocycles. The molecule has 59 heavy (non-hydrogen) atoms. The number of imidazole rings is 1. The van der Waals surface area contributed by atoms with Gasteiger partial charge in [-0.25, -0.2) is 4.98 Å². The number of ether oxygens (including phenoxy) is 1. The molecule has 0 bridgehead atoms. The first-order valence-electron chi connectivity index (χ1n) is 20.6. The fourth-order valence-electron chi connectivity index (χ4n) is 8.00. The van der Waals surface area contributed by atoms with Crippen LogP contribution in [0.25, 0.3) is 61.2 Å². The van der Waals surface area contributed by atoms with Gasteiger partial charge in [-0.05, 0) is 111 Å². The standard InChI is InChI=1S/C54H52N4O/c1-52(2,3)38-26-27-55-51(32-38)58-47-25-22-37(36-16-11-10-12-17-36)28-46(47)45-24-23-44(34-50(45)58)59-43-19-15-18-41(33-43)56-35-57(49-21-14-13-20-48(49)56)42-30-39(53(4,5)6)29-40(31-42)54(7,8)9/h10-34H,1-9H3. The molecule has 0 aliphatic heterocycles. The molecule has 0 N–H and O–H groups in total. The predicted molar refractivity (Wildman–Crippen MR) is 244 cm³/mol. The molecular weight excluding hydrogens is 721 g/mol. The van der Waals surface area contributed by atoms with E-state index in [1.165, 1.54) is 33.2 Å². The minimum absolute atomic E-state index is 0.00390. The van der Waals surface area contributed by atoms with Gasteiger partial charge < -0.3 is 4.74 Å². The fraction of sp³-hybridized carbons (Fsp3) is 0.222. The zero-order valence-electron chi connectivity index (χ0n) is 35.6. The minimum Gasteiger partial charge on any atom is -0.458 e. The van der Waals surface area contributed by atoms with Crippen LogP contribution in [0.15, 0.2) is 152 Å². The SMILES string of the molecule is CC(C)(C)c1cc(-[n+]2[c-]n(-c3cccc(Oc4ccc5c6cc(-c7ccccc7)ccc6n(-c6cc(C(C)(C)C)ccn6)c5c4)c3)c3ccccc32)cc(C(C)(C)C)c1. The number of benzene rings is 6. The van der Waals surface area contributed by atoms with Crippen molar-refractivity contribution in [3.8, 4) is 39.8 Å². The number of fused-ring (bicyclic) bond motifs is 4. The van der Waals surface area contributed by atoms with Gasteiger partial charge in [0, 0.05) is 23.0 Å². The summed E-state index contributed by atoms with van der Waals surface area (Å²) in [4.78, 5) is 4.93. The summed E-state index contributed by atoms with van der Waals surface area (Å²) in [5.41, 5.74) is 12.5. The van der Waals surface area contributed by atoms with Crippen LogP contribution in [0.3, 0.4) is 0 Å². The van der Waals surface area contributed by atoms with E-state index in [1.807, 2.05) is 12.3 Å². The molecule has 0 amide bonds. The number of rotatable bonds is 6. The van der Waals surface area contributed by atoms with Crippen LogP contribution in [0.5, 0.6) is 11.5 Å². The van der Waals surface area contributed by atoms with Crippen LogP contribution >= 0.6 is 0 Å². The molecule has 0 aliphatic carbocycles. The van der Waals surface area contributed by atoms with Crippen LogP contribution in [0.2, 0.25) is 0 Å². The maximum absolute atomic E-state index is 6.75. The van der Waals surface area contributed by atoms with Crippen LogP contribution in [0.1, 0.15) is 79.0 Å². The Hall–Kier alpha value is -6.46. The Bertz CT molecular complexity index is 2990. The highest BCUT2D eigenvalue weighted by Gasteiger charge is 2.23. The Labute approximate surface area is 348 Å². The first-order chi connectivity index (χ1) is 28.1. The third-order valence-electron chi connectivity index (χ3n) is 11.5. The van der Waals surface area contributed by atoms with E-state index in [0.717, 1.165) is 56.1 Å². The summed E-state index contributed by atoms with van der Waals surface area (Å²) in [5.74, 6) is 2.38. The number of nitrogens with zero attached hydrogens (tertiary/aromatic N) is 4. The summed E-state index contributed by atoms with van der Waals surface area (Å²) in [6.07, 6.45) is 5.66. The van der Waals surface area contributed by atoms with Gasteiger partial charge in [-0.1, -0.05) is 135 Å². The molecule has 0 atom stereocenters. The number of para-hydroxylation sites is 2. The van der Waals surface area contributed by atoms with E-state index in [-0.39, 0.29) is 16.2 Å². The smallest absolute Gasteiger partial charge is 0.269 e. The lowest BCUT2D eigenvalue weighted by atomic mass is 9.80. The lowest BCUT2D eigenvalue weighted by Crippen LogP contribution is -2.31. The Kier molecular flexibility index (Phi) is 9.12. The van der Waals surface area contributed by atoms with Gasteiger partial charge in [-0.2, -0.15) is 0 Å². The molecule has 6 aromatic carbocycles. The Morgan fingerprint density at radius 1 is 0.508 bits per heavy atom. The van der Waals surface area contributed by atoms with Gasteiger partial charge in [0.25, 0.3) is 6.33 Å². The third-order valence-corrected chi connectivity index (χ3v) is 11.5. The fourth-order valence-corrected chi connectivity index (χ4v) is 8.00. The first kappa shape index (κ1) is 38.1. The van der Waals surface area contributed by atoms with Crippen LogP contribution in [0, 0.1) is 6.33 Å². The summed E-state index contributed by atoms with van der Waals surface area (Å²) < 4.78 is 13.4. The number of pyridine rings is 1. The van der Waals surface area contributed by atoms with Gasteiger partial charge in [0.15, 0.2) is 0 Å². The highest BCUT2D eigenvalue weighted by atomic mass is 16.5. The summed E-state index contributed by atoms with van der Waals surface area (Å²) in [5, 5.41) is 2.31. The van der Waals surface area contributed by atoms with Crippen molar-refractivity contribution in [3.05, 3.63) is 175 Å². The normalized spacial score (nSPS) is 12.5. The van der Waals surface area contributed by atoms with Crippen molar-refractivity contribution in [2.24, 2.45) is 0 Å². The molecule has 0 saturated carbocycles. The molecule has 0 spiro atoms. The van der Waals surface area contributed by atoms with Crippen LogP contribution in [-0.4, -0.2) is 14.1 Å². The minimum atomic E-state index is -0.0240. The maximum atomic E-state index is 6.75. The molecule has 3 heterocycles. The van der Waals surface area contributed by atoms with Crippen molar-refractivity contribution >= 4 is 32.8 Å². The van der Waals surface area contributed by atoms with Crippen LogP contribution < -0.4 is 9.30 Å². The van der Waals surface area contributed by atoms with E-state index in [9.17, 15) is 0 Å². The topological polar surface area (TPSA) is 35.9 Å². The highest BCUT2D eigenvalue weighted by Crippen LogP contribution is 2.38. The Morgan fingerprint density at radius 2 is 1.20 bits per heavy atom. The second kappa shape index (κ2) is 14.1. The number of aromatic nitrogens is 4. The van der Waals surface area contributed by atoms with Gasteiger partial charge in [0.2, 0.25) is 0 Å². The number of hydrogen-bond donors (Lipinski definition) is 0. The molecule has 294 valence electrons. The maximum Gasteiger partial charge on any atom is 0.269 e. The lowest BCUT2D eigenvalue weighted by molar-refractivity contribution is -0.572. The summed E-state index contributed by atoms with van der Waals surface area (Å²) in [6.45, 7) is 20.4. The van der Waals surface area contributed by atoms with E-state index in [4.69, 9.17) is 9.72 Å².